The van der Waals surface area contributed by atoms with E-state index >= 15 is 0 Å². The van der Waals surface area contributed by atoms with Gasteiger partial charge in [0.25, 0.3) is 0 Å². The highest BCUT2D eigenvalue weighted by atomic mass is 16.2. The first-order chi connectivity index (χ1) is 9.65. The van der Waals surface area contributed by atoms with Crippen molar-refractivity contribution >= 4 is 11.8 Å². The molecule has 1 aliphatic heterocycles. The molecule has 2 heterocycles. The number of nitrogens with zero attached hydrogens (tertiary/aromatic N) is 3. The molecule has 0 aromatic carbocycles. The van der Waals surface area contributed by atoms with Crippen LogP contribution in [0, 0.1) is 0 Å². The van der Waals surface area contributed by atoms with Crippen molar-refractivity contribution in [2.75, 3.05) is 13.1 Å². The van der Waals surface area contributed by atoms with E-state index < -0.39 is 0 Å². The van der Waals surface area contributed by atoms with Crippen LogP contribution < -0.4 is 5.32 Å². The zero-order valence-electron chi connectivity index (χ0n) is 11.9. The Bertz CT molecular complexity index is 444. The molecule has 1 fully saturated rings. The quantitative estimate of drug-likeness (QED) is 0.866. The van der Waals surface area contributed by atoms with Gasteiger partial charge in [-0.1, -0.05) is 6.42 Å². The van der Waals surface area contributed by atoms with Gasteiger partial charge >= 0.3 is 0 Å². The van der Waals surface area contributed by atoms with Crippen molar-refractivity contribution in [3.63, 3.8) is 0 Å². The van der Waals surface area contributed by atoms with E-state index in [0.29, 0.717) is 19.5 Å². The van der Waals surface area contributed by atoms with E-state index in [1.54, 1.807) is 15.8 Å². The Morgan fingerprint density at radius 2 is 2.30 bits per heavy atom. The lowest BCUT2D eigenvalue weighted by Crippen LogP contribution is -2.44. The monoisotopic (exact) mass is 278 g/mol. The lowest BCUT2D eigenvalue weighted by Gasteiger charge is -2.21. The molecule has 0 saturated carbocycles. The van der Waals surface area contributed by atoms with Crippen molar-refractivity contribution in [1.82, 2.24) is 20.0 Å². The van der Waals surface area contributed by atoms with Crippen molar-refractivity contribution in [3.05, 3.63) is 18.5 Å². The van der Waals surface area contributed by atoms with E-state index in [4.69, 9.17) is 0 Å². The summed E-state index contributed by atoms with van der Waals surface area (Å²) in [6.45, 7) is 3.43. The molecule has 0 spiro atoms. The average molecular weight is 278 g/mol. The first-order valence-electron chi connectivity index (χ1n) is 7.19. The Morgan fingerprint density at radius 1 is 1.45 bits per heavy atom. The van der Waals surface area contributed by atoms with Crippen LogP contribution in [0.3, 0.4) is 0 Å². The fraction of sp³-hybridized carbons (Fsp3) is 0.643. The van der Waals surface area contributed by atoms with Crippen LogP contribution in [0.15, 0.2) is 18.5 Å². The fourth-order valence-electron chi connectivity index (χ4n) is 2.43. The molecule has 1 saturated heterocycles. The minimum absolute atomic E-state index is 0.00974. The minimum atomic E-state index is -0.0973. The molecule has 2 amide bonds. The van der Waals surface area contributed by atoms with E-state index in [1.807, 2.05) is 19.2 Å². The molecule has 1 aromatic heterocycles. The molecule has 2 rings (SSSR count). The van der Waals surface area contributed by atoms with Crippen LogP contribution in [-0.2, 0) is 16.1 Å². The highest BCUT2D eigenvalue weighted by Crippen LogP contribution is 2.10. The van der Waals surface area contributed by atoms with Crippen molar-refractivity contribution < 1.29 is 9.59 Å². The smallest absolute Gasteiger partial charge is 0.239 e. The molecule has 1 aliphatic rings. The Morgan fingerprint density at radius 3 is 3.05 bits per heavy atom. The van der Waals surface area contributed by atoms with E-state index in [-0.39, 0.29) is 24.4 Å². The van der Waals surface area contributed by atoms with Gasteiger partial charge in [-0.3, -0.25) is 14.3 Å². The first kappa shape index (κ1) is 14.6. The molecule has 0 aliphatic carbocycles. The largest absolute Gasteiger partial charge is 0.350 e. The van der Waals surface area contributed by atoms with Crippen molar-refractivity contribution in [1.29, 1.82) is 0 Å². The Hall–Kier alpha value is -1.85. The SMILES string of the molecule is C[C@@H](Cn1cccn1)NC(=O)CN1CCCCCC1=O. The molecule has 20 heavy (non-hydrogen) atoms. The predicted molar refractivity (Wildman–Crippen MR) is 74.9 cm³/mol. The third-order valence-corrected chi connectivity index (χ3v) is 3.43. The van der Waals surface area contributed by atoms with Gasteiger partial charge in [-0.05, 0) is 25.8 Å². The van der Waals surface area contributed by atoms with Crippen LogP contribution in [0.1, 0.15) is 32.6 Å². The van der Waals surface area contributed by atoms with Gasteiger partial charge < -0.3 is 10.2 Å². The number of nitrogens with one attached hydrogen (secondary N) is 1. The van der Waals surface area contributed by atoms with Gasteiger partial charge in [0.15, 0.2) is 0 Å². The zero-order chi connectivity index (χ0) is 14.4. The molecule has 6 nitrogen and oxygen atoms in total. The number of likely N-dealkylation sites (tertiary alicyclic amines) is 1. The van der Waals surface area contributed by atoms with Gasteiger partial charge in [-0.25, -0.2) is 0 Å². The lowest BCUT2D eigenvalue weighted by atomic mass is 10.2. The molecule has 0 bridgehead atoms. The predicted octanol–water partition coefficient (Wildman–Crippen LogP) is 0.790. The summed E-state index contributed by atoms with van der Waals surface area (Å²) in [5.74, 6) is -0.00251. The van der Waals surface area contributed by atoms with Crippen molar-refractivity contribution in [2.45, 2.75) is 45.2 Å². The summed E-state index contributed by atoms with van der Waals surface area (Å²) in [4.78, 5) is 25.5. The van der Waals surface area contributed by atoms with Crippen LogP contribution in [-0.4, -0.2) is 45.6 Å². The van der Waals surface area contributed by atoms with Gasteiger partial charge in [-0.15, -0.1) is 0 Å². The maximum absolute atomic E-state index is 12.0. The number of hydrogen-bond donors (Lipinski definition) is 1. The van der Waals surface area contributed by atoms with Crippen LogP contribution in [0.4, 0.5) is 0 Å². The van der Waals surface area contributed by atoms with Gasteiger partial charge in [0, 0.05) is 31.4 Å². The van der Waals surface area contributed by atoms with Crippen molar-refractivity contribution in [2.24, 2.45) is 0 Å². The number of carbonyl (C=O) groups is 2. The van der Waals surface area contributed by atoms with Crippen molar-refractivity contribution in [3.8, 4) is 0 Å². The number of hydrogen-bond acceptors (Lipinski definition) is 3. The summed E-state index contributed by atoms with van der Waals surface area (Å²) in [6, 6.07) is 1.84. The van der Waals surface area contributed by atoms with E-state index in [1.165, 1.54) is 0 Å². The Labute approximate surface area is 119 Å². The molecule has 110 valence electrons. The Balaban J connectivity index is 1.77. The molecule has 0 radical (unpaired) electrons. The minimum Gasteiger partial charge on any atom is -0.350 e. The summed E-state index contributed by atoms with van der Waals surface area (Å²) in [5.41, 5.74) is 0. The number of amides is 2. The van der Waals surface area contributed by atoms with Crippen LogP contribution in [0.2, 0.25) is 0 Å². The maximum Gasteiger partial charge on any atom is 0.239 e. The summed E-state index contributed by atoms with van der Waals surface area (Å²) in [7, 11) is 0. The summed E-state index contributed by atoms with van der Waals surface area (Å²) in [6.07, 6.45) is 7.13. The maximum atomic E-state index is 12.0. The molecular formula is C14H22N4O2. The van der Waals surface area contributed by atoms with Crippen LogP contribution in [0.25, 0.3) is 0 Å². The van der Waals surface area contributed by atoms with Crippen LogP contribution >= 0.6 is 0 Å². The molecule has 1 N–H and O–H groups in total. The first-order valence-corrected chi connectivity index (χ1v) is 7.19. The Kier molecular flexibility index (Phi) is 5.15. The average Bonchev–Trinajstić information content (AvgIpc) is 2.81. The number of rotatable bonds is 5. The van der Waals surface area contributed by atoms with E-state index in [2.05, 4.69) is 10.4 Å². The molecule has 1 aromatic rings. The van der Waals surface area contributed by atoms with Gasteiger partial charge in [0.2, 0.25) is 11.8 Å². The highest BCUT2D eigenvalue weighted by molar-refractivity contribution is 5.85. The van der Waals surface area contributed by atoms with Gasteiger partial charge in [0.05, 0.1) is 13.1 Å². The molecular weight excluding hydrogens is 256 g/mol. The highest BCUT2D eigenvalue weighted by Gasteiger charge is 2.19. The second kappa shape index (κ2) is 7.07. The topological polar surface area (TPSA) is 67.2 Å². The normalized spacial score (nSPS) is 17.6. The fourth-order valence-corrected chi connectivity index (χ4v) is 2.43. The van der Waals surface area contributed by atoms with E-state index in [0.717, 1.165) is 19.3 Å². The second-order valence-electron chi connectivity index (χ2n) is 5.32. The van der Waals surface area contributed by atoms with Gasteiger partial charge in [0.1, 0.15) is 0 Å². The molecule has 1 atom stereocenters. The van der Waals surface area contributed by atoms with E-state index in [9.17, 15) is 9.59 Å². The van der Waals surface area contributed by atoms with Gasteiger partial charge in [-0.2, -0.15) is 5.10 Å². The lowest BCUT2D eigenvalue weighted by molar-refractivity contribution is -0.135. The third-order valence-electron chi connectivity index (χ3n) is 3.43. The second-order valence-corrected chi connectivity index (χ2v) is 5.32. The zero-order valence-corrected chi connectivity index (χ0v) is 11.9. The van der Waals surface area contributed by atoms with Crippen LogP contribution in [0.5, 0.6) is 0 Å². The number of carbonyl (C=O) groups excluding carboxylic acids is 2. The summed E-state index contributed by atoms with van der Waals surface area (Å²) < 4.78 is 1.78. The summed E-state index contributed by atoms with van der Waals surface area (Å²) >= 11 is 0. The standard InChI is InChI=1S/C14H22N4O2/c1-12(10-18-9-5-7-15-18)16-13(19)11-17-8-4-2-3-6-14(17)20/h5,7,9,12H,2-4,6,8,10-11H2,1H3,(H,16,19)/t12-/m0/s1. The summed E-state index contributed by atoms with van der Waals surface area (Å²) in [5, 5.41) is 7.02. The molecule has 6 heteroatoms. The molecule has 0 unspecified atom stereocenters. The number of aromatic nitrogens is 2. The third kappa shape index (κ3) is 4.36.